The van der Waals surface area contributed by atoms with E-state index in [9.17, 15) is 8.42 Å². The predicted molar refractivity (Wildman–Crippen MR) is 77.4 cm³/mol. The van der Waals surface area contributed by atoms with Gasteiger partial charge in [0.25, 0.3) is 0 Å². The van der Waals surface area contributed by atoms with Gasteiger partial charge in [0.1, 0.15) is 0 Å². The first kappa shape index (κ1) is 15.6. The van der Waals surface area contributed by atoms with Crippen molar-refractivity contribution in [3.63, 3.8) is 0 Å². The summed E-state index contributed by atoms with van der Waals surface area (Å²) in [5, 5.41) is 5.09. The molecule has 1 rings (SSSR count). The summed E-state index contributed by atoms with van der Waals surface area (Å²) in [4.78, 5) is 1.07. The standard InChI is InChI=1S/C12H22N2O2S2/c1-10(2)13-7-9-18(15,16)14(4)11(3)12-6-5-8-17-12/h5-6,8,10-11,13H,7,9H2,1-4H3. The van der Waals surface area contributed by atoms with E-state index in [-0.39, 0.29) is 11.8 Å². The Morgan fingerprint density at radius 3 is 2.56 bits per heavy atom. The summed E-state index contributed by atoms with van der Waals surface area (Å²) in [6.45, 7) is 6.41. The van der Waals surface area contributed by atoms with Crippen LogP contribution in [0.25, 0.3) is 0 Å². The average molecular weight is 290 g/mol. The predicted octanol–water partition coefficient (Wildman–Crippen LogP) is 2.07. The van der Waals surface area contributed by atoms with Crippen molar-refractivity contribution < 1.29 is 8.42 Å². The number of rotatable bonds is 7. The van der Waals surface area contributed by atoms with E-state index in [0.717, 1.165) is 4.88 Å². The van der Waals surface area contributed by atoms with Crippen LogP contribution in [0.2, 0.25) is 0 Å². The van der Waals surface area contributed by atoms with Gasteiger partial charge in [-0.15, -0.1) is 11.3 Å². The van der Waals surface area contributed by atoms with Crippen molar-refractivity contribution in [3.05, 3.63) is 22.4 Å². The SMILES string of the molecule is CC(C)NCCS(=O)(=O)N(C)C(C)c1cccs1. The Bertz CT molecular complexity index is 441. The quantitative estimate of drug-likeness (QED) is 0.836. The Morgan fingerprint density at radius 2 is 2.06 bits per heavy atom. The van der Waals surface area contributed by atoms with E-state index in [1.54, 1.807) is 18.4 Å². The highest BCUT2D eigenvalue weighted by molar-refractivity contribution is 7.89. The minimum Gasteiger partial charge on any atom is -0.313 e. The second kappa shape index (κ2) is 6.65. The molecule has 1 unspecified atom stereocenters. The first-order valence-electron chi connectivity index (χ1n) is 6.07. The summed E-state index contributed by atoms with van der Waals surface area (Å²) < 4.78 is 25.7. The van der Waals surface area contributed by atoms with E-state index in [4.69, 9.17) is 0 Å². The van der Waals surface area contributed by atoms with Gasteiger partial charge in [-0.2, -0.15) is 4.31 Å². The first-order chi connectivity index (χ1) is 8.34. The minimum atomic E-state index is -3.20. The zero-order chi connectivity index (χ0) is 13.8. The van der Waals surface area contributed by atoms with Crippen LogP contribution in [0, 0.1) is 0 Å². The molecule has 104 valence electrons. The topological polar surface area (TPSA) is 49.4 Å². The molecule has 0 aliphatic carbocycles. The molecule has 0 saturated carbocycles. The average Bonchev–Trinajstić information content (AvgIpc) is 2.79. The molecule has 18 heavy (non-hydrogen) atoms. The van der Waals surface area contributed by atoms with Gasteiger partial charge in [-0.05, 0) is 18.4 Å². The smallest absolute Gasteiger partial charge is 0.215 e. The maximum atomic E-state index is 12.1. The van der Waals surface area contributed by atoms with Gasteiger partial charge in [0.05, 0.1) is 11.8 Å². The Kier molecular flexibility index (Phi) is 5.78. The lowest BCUT2D eigenvalue weighted by molar-refractivity contribution is 0.401. The summed E-state index contributed by atoms with van der Waals surface area (Å²) in [7, 11) is -1.56. The third-order valence-electron chi connectivity index (χ3n) is 2.85. The van der Waals surface area contributed by atoms with E-state index < -0.39 is 10.0 Å². The molecule has 0 aliphatic heterocycles. The third-order valence-corrected chi connectivity index (χ3v) is 5.81. The van der Waals surface area contributed by atoms with E-state index in [1.807, 2.05) is 38.3 Å². The molecule has 0 saturated heterocycles. The second-order valence-corrected chi connectivity index (χ2v) is 7.76. The van der Waals surface area contributed by atoms with Crippen LogP contribution in [0.3, 0.4) is 0 Å². The van der Waals surface area contributed by atoms with Crippen molar-refractivity contribution in [1.82, 2.24) is 9.62 Å². The van der Waals surface area contributed by atoms with Crippen LogP contribution in [0.15, 0.2) is 17.5 Å². The molecule has 1 heterocycles. The molecule has 6 heteroatoms. The maximum absolute atomic E-state index is 12.1. The number of nitrogens with zero attached hydrogens (tertiary/aromatic N) is 1. The molecule has 1 aromatic heterocycles. The lowest BCUT2D eigenvalue weighted by atomic mass is 10.3. The Hall–Kier alpha value is -0.430. The molecule has 1 atom stereocenters. The van der Waals surface area contributed by atoms with E-state index in [0.29, 0.717) is 12.6 Å². The van der Waals surface area contributed by atoms with Gasteiger partial charge >= 0.3 is 0 Å². The van der Waals surface area contributed by atoms with Crippen LogP contribution in [0.5, 0.6) is 0 Å². The summed E-state index contributed by atoms with van der Waals surface area (Å²) in [6, 6.07) is 4.11. The largest absolute Gasteiger partial charge is 0.313 e. The molecule has 0 fully saturated rings. The normalized spacial score (nSPS) is 14.3. The second-order valence-electron chi connectivity index (χ2n) is 4.63. The van der Waals surface area contributed by atoms with Crippen LogP contribution in [-0.4, -0.2) is 38.1 Å². The van der Waals surface area contributed by atoms with Crippen molar-refractivity contribution in [2.45, 2.75) is 32.9 Å². The molecule has 1 N–H and O–H groups in total. The van der Waals surface area contributed by atoms with Crippen LogP contribution in [0.4, 0.5) is 0 Å². The monoisotopic (exact) mass is 290 g/mol. The molecule has 4 nitrogen and oxygen atoms in total. The fraction of sp³-hybridized carbons (Fsp3) is 0.667. The Morgan fingerprint density at radius 1 is 1.39 bits per heavy atom. The van der Waals surface area contributed by atoms with Crippen molar-refractivity contribution in [2.24, 2.45) is 0 Å². The molecular formula is C12H22N2O2S2. The fourth-order valence-corrected chi connectivity index (χ4v) is 3.72. The summed E-state index contributed by atoms with van der Waals surface area (Å²) in [5.41, 5.74) is 0. The van der Waals surface area contributed by atoms with Crippen molar-refractivity contribution in [1.29, 1.82) is 0 Å². The zero-order valence-electron chi connectivity index (χ0n) is 11.4. The lowest BCUT2D eigenvalue weighted by Crippen LogP contribution is -2.36. The van der Waals surface area contributed by atoms with Crippen molar-refractivity contribution >= 4 is 21.4 Å². The van der Waals surface area contributed by atoms with Gasteiger partial charge in [-0.25, -0.2) is 8.42 Å². The summed E-state index contributed by atoms with van der Waals surface area (Å²) in [5.74, 6) is 0.136. The third kappa shape index (κ3) is 4.35. The highest BCUT2D eigenvalue weighted by Crippen LogP contribution is 2.25. The molecule has 0 bridgehead atoms. The van der Waals surface area contributed by atoms with Gasteiger partial charge in [0, 0.05) is 24.5 Å². The van der Waals surface area contributed by atoms with Crippen LogP contribution in [0.1, 0.15) is 31.7 Å². The molecular weight excluding hydrogens is 268 g/mol. The maximum Gasteiger partial charge on any atom is 0.215 e. The molecule has 0 radical (unpaired) electrons. The van der Waals surface area contributed by atoms with Gasteiger partial charge < -0.3 is 5.32 Å². The Labute approximate surface area is 114 Å². The van der Waals surface area contributed by atoms with Gasteiger partial charge in [-0.3, -0.25) is 0 Å². The fourth-order valence-electron chi connectivity index (χ4n) is 1.57. The number of sulfonamides is 1. The van der Waals surface area contributed by atoms with E-state index in [1.165, 1.54) is 4.31 Å². The molecule has 1 aromatic rings. The Balaban J connectivity index is 2.61. The molecule has 0 amide bonds. The molecule has 0 aromatic carbocycles. The number of thiophene rings is 1. The molecule has 0 spiro atoms. The summed E-state index contributed by atoms with van der Waals surface area (Å²) in [6.07, 6.45) is 0. The van der Waals surface area contributed by atoms with E-state index >= 15 is 0 Å². The van der Waals surface area contributed by atoms with Crippen molar-refractivity contribution in [2.75, 3.05) is 19.3 Å². The van der Waals surface area contributed by atoms with Crippen LogP contribution >= 0.6 is 11.3 Å². The summed E-state index contributed by atoms with van der Waals surface area (Å²) >= 11 is 1.58. The number of hydrogen-bond acceptors (Lipinski definition) is 4. The minimum absolute atomic E-state index is 0.103. The number of nitrogens with one attached hydrogen (secondary N) is 1. The highest BCUT2D eigenvalue weighted by atomic mass is 32.2. The van der Waals surface area contributed by atoms with E-state index in [2.05, 4.69) is 5.32 Å². The first-order valence-corrected chi connectivity index (χ1v) is 8.56. The highest BCUT2D eigenvalue weighted by Gasteiger charge is 2.24. The van der Waals surface area contributed by atoms with Crippen LogP contribution in [-0.2, 0) is 10.0 Å². The van der Waals surface area contributed by atoms with Gasteiger partial charge in [-0.1, -0.05) is 19.9 Å². The number of hydrogen-bond donors (Lipinski definition) is 1. The van der Waals surface area contributed by atoms with Crippen LogP contribution < -0.4 is 5.32 Å². The molecule has 0 aliphatic rings. The van der Waals surface area contributed by atoms with Crippen molar-refractivity contribution in [3.8, 4) is 0 Å². The lowest BCUT2D eigenvalue weighted by Gasteiger charge is -2.23. The van der Waals surface area contributed by atoms with Gasteiger partial charge in [0.2, 0.25) is 10.0 Å². The van der Waals surface area contributed by atoms with Gasteiger partial charge in [0.15, 0.2) is 0 Å². The zero-order valence-corrected chi connectivity index (χ0v) is 13.0.